The molecule has 0 saturated carbocycles. The number of carbonyl (C=O) groups excluding carboxylic acids is 3. The molecule has 2 aromatic rings. The van der Waals surface area contributed by atoms with Gasteiger partial charge in [-0.1, -0.05) is 24.3 Å². The van der Waals surface area contributed by atoms with E-state index in [0.29, 0.717) is 23.4 Å². The fourth-order valence-corrected chi connectivity index (χ4v) is 4.06. The molecule has 3 heterocycles. The molecule has 8 nitrogen and oxygen atoms in total. The molecule has 1 aromatic heterocycles. The van der Waals surface area contributed by atoms with Crippen LogP contribution < -0.4 is 40.0 Å². The minimum atomic E-state index is -1.42. The smallest absolute Gasteiger partial charge is 0.543 e. The minimum Gasteiger partial charge on any atom is -0.543 e. The molecule has 2 amide bonds. The number of rotatable bonds is 6. The van der Waals surface area contributed by atoms with Gasteiger partial charge in [0.15, 0.2) is 5.88 Å². The van der Waals surface area contributed by atoms with E-state index in [-0.39, 0.29) is 53.6 Å². The molecule has 0 unspecified atom stereocenters. The summed E-state index contributed by atoms with van der Waals surface area (Å²) in [6.07, 6.45) is 1.08. The number of nitrogens with one attached hydrogen (secondary N) is 1. The van der Waals surface area contributed by atoms with E-state index in [9.17, 15) is 24.6 Å². The number of carbonyl (C=O) groups is 3. The standard InChI is InChI=1S/C21H20N2O6.Na/c1-11(24)18-15-10-14(19(21(27)28)23(15)20(18)26)13-6-4-12(5-7-13)9-16(25)22-17-3-2-8-29-17;/h2-8,11,15,18,24H,9-10H2,1H3,(H,22,25)(H,27,28);/q;+1/p-1/t11-,15-,18-;/m1./s1. The number of nitrogens with zero attached hydrogens (tertiary/aromatic N) is 1. The Balaban J connectivity index is 0.00000256. The third-order valence-corrected chi connectivity index (χ3v) is 5.37. The molecule has 1 saturated heterocycles. The van der Waals surface area contributed by atoms with Crippen LogP contribution in [0.25, 0.3) is 5.57 Å². The zero-order valence-corrected chi connectivity index (χ0v) is 18.6. The summed E-state index contributed by atoms with van der Waals surface area (Å²) in [4.78, 5) is 37.2. The monoisotopic (exact) mass is 418 g/mol. The first-order chi connectivity index (χ1) is 13.9. The molecule has 0 aliphatic carbocycles. The van der Waals surface area contributed by atoms with Crippen molar-refractivity contribution in [3.8, 4) is 0 Å². The van der Waals surface area contributed by atoms with Crippen molar-refractivity contribution in [3.05, 3.63) is 59.5 Å². The summed E-state index contributed by atoms with van der Waals surface area (Å²) in [5.41, 5.74) is 1.75. The predicted octanol–water partition coefficient (Wildman–Crippen LogP) is -2.46. The second-order valence-corrected chi connectivity index (χ2v) is 7.26. The zero-order valence-electron chi connectivity index (χ0n) is 16.6. The number of furan rings is 1. The van der Waals surface area contributed by atoms with E-state index in [2.05, 4.69) is 5.32 Å². The first kappa shape index (κ1) is 22.3. The molecular formula is C21H19N2NaO6. The molecule has 2 N–H and O–H groups in total. The number of aliphatic hydroxyl groups is 1. The Morgan fingerprint density at radius 3 is 2.57 bits per heavy atom. The van der Waals surface area contributed by atoms with Crippen molar-refractivity contribution in [2.75, 3.05) is 5.32 Å². The summed E-state index contributed by atoms with van der Waals surface area (Å²) in [7, 11) is 0. The van der Waals surface area contributed by atoms with Gasteiger partial charge in [0.2, 0.25) is 11.8 Å². The Morgan fingerprint density at radius 2 is 2.00 bits per heavy atom. The summed E-state index contributed by atoms with van der Waals surface area (Å²) in [5.74, 6) is -2.29. The second kappa shape index (κ2) is 8.77. The predicted molar refractivity (Wildman–Crippen MR) is 99.8 cm³/mol. The van der Waals surface area contributed by atoms with Crippen molar-refractivity contribution >= 4 is 29.2 Å². The second-order valence-electron chi connectivity index (χ2n) is 7.26. The fraction of sp³-hybridized carbons (Fsp3) is 0.286. The SMILES string of the molecule is C[C@@H](O)[C@H]1C(=O)N2C(C(=O)[O-])=C(c3ccc(CC(=O)Nc4ccco4)cc3)C[C@H]12.[Na+]. The van der Waals surface area contributed by atoms with Crippen LogP contribution in [-0.2, 0) is 20.8 Å². The number of aliphatic carboxylic acids is 1. The number of anilines is 1. The molecule has 150 valence electrons. The Kier molecular flexibility index (Phi) is 6.52. The third kappa shape index (κ3) is 3.96. The minimum absolute atomic E-state index is 0. The number of carboxylic acid groups (broad SMARTS) is 1. The van der Waals surface area contributed by atoms with Crippen LogP contribution in [-0.4, -0.2) is 39.9 Å². The van der Waals surface area contributed by atoms with Gasteiger partial charge in [0, 0.05) is 6.07 Å². The molecule has 0 spiro atoms. The number of β-lactam (4-membered cyclic amide) rings is 1. The summed E-state index contributed by atoms with van der Waals surface area (Å²) < 4.78 is 5.07. The maximum Gasteiger partial charge on any atom is 1.00 e. The summed E-state index contributed by atoms with van der Waals surface area (Å²) in [5, 5.41) is 24.1. The number of benzene rings is 1. The van der Waals surface area contributed by atoms with E-state index in [4.69, 9.17) is 4.42 Å². The van der Waals surface area contributed by atoms with Crippen molar-refractivity contribution in [2.45, 2.75) is 31.9 Å². The topological polar surface area (TPSA) is 123 Å². The number of hydrogen-bond donors (Lipinski definition) is 2. The van der Waals surface area contributed by atoms with Crippen LogP contribution in [0.3, 0.4) is 0 Å². The van der Waals surface area contributed by atoms with Gasteiger partial charge in [0.25, 0.3) is 0 Å². The van der Waals surface area contributed by atoms with Crippen LogP contribution in [0.4, 0.5) is 5.88 Å². The van der Waals surface area contributed by atoms with E-state index in [0.717, 1.165) is 5.56 Å². The van der Waals surface area contributed by atoms with E-state index < -0.39 is 23.9 Å². The molecule has 0 bridgehead atoms. The van der Waals surface area contributed by atoms with Crippen molar-refractivity contribution in [3.63, 3.8) is 0 Å². The zero-order chi connectivity index (χ0) is 20.7. The van der Waals surface area contributed by atoms with Crippen LogP contribution in [0.2, 0.25) is 0 Å². The largest absolute Gasteiger partial charge is 1.00 e. The van der Waals surface area contributed by atoms with Crippen molar-refractivity contribution in [1.82, 2.24) is 4.90 Å². The Bertz CT molecular complexity index is 997. The van der Waals surface area contributed by atoms with E-state index in [1.54, 1.807) is 36.4 Å². The van der Waals surface area contributed by atoms with Gasteiger partial charge < -0.3 is 24.3 Å². The molecule has 3 atom stereocenters. The van der Waals surface area contributed by atoms with Gasteiger partial charge in [-0.2, -0.15) is 0 Å². The van der Waals surface area contributed by atoms with Gasteiger partial charge in [-0.05, 0) is 36.1 Å². The fourth-order valence-electron chi connectivity index (χ4n) is 4.06. The first-order valence-corrected chi connectivity index (χ1v) is 9.25. The maximum absolute atomic E-state index is 12.3. The van der Waals surface area contributed by atoms with Crippen LogP contribution in [0.15, 0.2) is 52.8 Å². The van der Waals surface area contributed by atoms with Gasteiger partial charge in [0.1, 0.15) is 0 Å². The number of aliphatic hydroxyl groups excluding tert-OH is 1. The summed E-state index contributed by atoms with van der Waals surface area (Å²) in [6, 6.07) is 9.86. The number of carboxylic acids is 1. The third-order valence-electron chi connectivity index (χ3n) is 5.37. The number of fused-ring (bicyclic) bond motifs is 1. The van der Waals surface area contributed by atoms with Crippen LogP contribution in [0.1, 0.15) is 24.5 Å². The van der Waals surface area contributed by atoms with Crippen LogP contribution in [0.5, 0.6) is 0 Å². The molecular weight excluding hydrogens is 399 g/mol. The van der Waals surface area contributed by atoms with E-state index >= 15 is 0 Å². The Morgan fingerprint density at radius 1 is 1.30 bits per heavy atom. The van der Waals surface area contributed by atoms with Gasteiger partial charge in [-0.3, -0.25) is 14.9 Å². The Labute approximate surface area is 194 Å². The van der Waals surface area contributed by atoms with Gasteiger partial charge in [0.05, 0.1) is 42.4 Å². The van der Waals surface area contributed by atoms with Crippen LogP contribution in [0, 0.1) is 5.92 Å². The number of amides is 2. The van der Waals surface area contributed by atoms with Gasteiger partial charge in [-0.15, -0.1) is 0 Å². The molecule has 9 heteroatoms. The average molecular weight is 418 g/mol. The molecule has 30 heavy (non-hydrogen) atoms. The summed E-state index contributed by atoms with van der Waals surface area (Å²) in [6.45, 7) is 1.53. The quantitative estimate of drug-likeness (QED) is 0.396. The molecule has 0 radical (unpaired) electrons. The number of hydrogen-bond acceptors (Lipinski definition) is 6. The van der Waals surface area contributed by atoms with Crippen LogP contribution >= 0.6 is 0 Å². The first-order valence-electron chi connectivity index (χ1n) is 9.25. The van der Waals surface area contributed by atoms with Crippen molar-refractivity contribution in [2.24, 2.45) is 5.92 Å². The Hall–Kier alpha value is -2.39. The maximum atomic E-state index is 12.3. The molecule has 2 aliphatic heterocycles. The molecule has 4 rings (SSSR count). The van der Waals surface area contributed by atoms with Gasteiger partial charge >= 0.3 is 29.6 Å². The molecule has 2 aliphatic rings. The molecule has 1 fully saturated rings. The van der Waals surface area contributed by atoms with E-state index in [1.165, 1.54) is 18.1 Å². The van der Waals surface area contributed by atoms with Crippen molar-refractivity contribution in [1.29, 1.82) is 0 Å². The molecule has 1 aromatic carbocycles. The average Bonchev–Trinajstić information content (AvgIpc) is 3.27. The summed E-state index contributed by atoms with van der Waals surface area (Å²) >= 11 is 0. The normalized spacial score (nSPS) is 20.9. The van der Waals surface area contributed by atoms with Gasteiger partial charge in [-0.25, -0.2) is 0 Å². The van der Waals surface area contributed by atoms with E-state index in [1.807, 2.05) is 0 Å². The van der Waals surface area contributed by atoms with Crippen molar-refractivity contribution < 1.29 is 58.6 Å².